The molecular formula is C15H15F2NO3. The van der Waals surface area contributed by atoms with Crippen molar-refractivity contribution in [2.24, 2.45) is 0 Å². The van der Waals surface area contributed by atoms with E-state index in [1.165, 1.54) is 19.2 Å². The molecule has 0 aliphatic rings. The van der Waals surface area contributed by atoms with Gasteiger partial charge in [0, 0.05) is 18.3 Å². The molecule has 0 aliphatic carbocycles. The number of methoxy groups -OCH3 is 1. The third kappa shape index (κ3) is 4.13. The van der Waals surface area contributed by atoms with Crippen LogP contribution in [-0.4, -0.2) is 23.8 Å². The number of rotatable bonds is 6. The van der Waals surface area contributed by atoms with E-state index in [-0.39, 0.29) is 17.9 Å². The molecule has 1 unspecified atom stereocenters. The molecule has 21 heavy (non-hydrogen) atoms. The van der Waals surface area contributed by atoms with Crippen LogP contribution in [0.4, 0.5) is 8.78 Å². The summed E-state index contributed by atoms with van der Waals surface area (Å²) < 4.78 is 34.1. The van der Waals surface area contributed by atoms with Crippen LogP contribution in [-0.2, 0) is 6.42 Å². The Bertz CT molecular complexity index is 578. The quantitative estimate of drug-likeness (QED) is 0.890. The fourth-order valence-corrected chi connectivity index (χ4v) is 1.92. The number of aliphatic hydroxyl groups is 1. The number of hydrogen-bond donors (Lipinski definition) is 1. The normalized spacial score (nSPS) is 12.2. The highest BCUT2D eigenvalue weighted by atomic mass is 19.3. The zero-order chi connectivity index (χ0) is 15.2. The van der Waals surface area contributed by atoms with Gasteiger partial charge in [0.15, 0.2) is 11.5 Å². The van der Waals surface area contributed by atoms with Gasteiger partial charge >= 0.3 is 6.61 Å². The van der Waals surface area contributed by atoms with Crippen LogP contribution in [0.15, 0.2) is 42.6 Å². The molecule has 0 saturated carbocycles. The van der Waals surface area contributed by atoms with Crippen molar-refractivity contribution in [2.45, 2.75) is 19.1 Å². The Balaban J connectivity index is 2.19. The molecule has 2 aromatic rings. The Hall–Kier alpha value is -2.21. The Labute approximate surface area is 121 Å². The molecule has 0 amide bonds. The number of aromatic nitrogens is 1. The molecule has 0 saturated heterocycles. The minimum Gasteiger partial charge on any atom is -0.493 e. The van der Waals surface area contributed by atoms with Gasteiger partial charge in [0.2, 0.25) is 0 Å². The standard InChI is InChI=1S/C15H15F2NO3/c1-20-13-6-5-10(8-14(13)21-15(16)17)12(19)9-11-4-2-3-7-18-11/h2-8,12,15,19H,9H2,1H3. The number of aliphatic hydroxyl groups excluding tert-OH is 1. The van der Waals surface area contributed by atoms with Crippen molar-refractivity contribution in [2.75, 3.05) is 7.11 Å². The molecule has 0 radical (unpaired) electrons. The summed E-state index contributed by atoms with van der Waals surface area (Å²) >= 11 is 0. The summed E-state index contributed by atoms with van der Waals surface area (Å²) in [4.78, 5) is 4.11. The van der Waals surface area contributed by atoms with Crippen molar-refractivity contribution >= 4 is 0 Å². The first-order valence-electron chi connectivity index (χ1n) is 6.31. The molecule has 6 heteroatoms. The highest BCUT2D eigenvalue weighted by Gasteiger charge is 2.15. The highest BCUT2D eigenvalue weighted by molar-refractivity contribution is 5.43. The highest BCUT2D eigenvalue weighted by Crippen LogP contribution is 2.32. The van der Waals surface area contributed by atoms with Crippen molar-refractivity contribution in [3.05, 3.63) is 53.9 Å². The average molecular weight is 295 g/mol. The summed E-state index contributed by atoms with van der Waals surface area (Å²) in [5.74, 6) is 0.0779. The number of nitrogens with zero attached hydrogens (tertiary/aromatic N) is 1. The van der Waals surface area contributed by atoms with E-state index in [4.69, 9.17) is 4.74 Å². The molecule has 1 heterocycles. The van der Waals surface area contributed by atoms with Gasteiger partial charge in [-0.15, -0.1) is 0 Å². The molecule has 2 rings (SSSR count). The summed E-state index contributed by atoms with van der Waals surface area (Å²) in [6, 6.07) is 9.80. The lowest BCUT2D eigenvalue weighted by molar-refractivity contribution is -0.0513. The van der Waals surface area contributed by atoms with E-state index in [1.54, 1.807) is 24.4 Å². The molecule has 1 atom stereocenters. The lowest BCUT2D eigenvalue weighted by atomic mass is 10.0. The largest absolute Gasteiger partial charge is 0.493 e. The van der Waals surface area contributed by atoms with Crippen LogP contribution in [0, 0.1) is 0 Å². The van der Waals surface area contributed by atoms with Gasteiger partial charge in [-0.25, -0.2) is 0 Å². The van der Waals surface area contributed by atoms with Crippen LogP contribution < -0.4 is 9.47 Å². The summed E-state index contributed by atoms with van der Waals surface area (Å²) in [6.45, 7) is -2.96. The topological polar surface area (TPSA) is 51.6 Å². The van der Waals surface area contributed by atoms with Crippen molar-refractivity contribution in [1.29, 1.82) is 0 Å². The molecule has 4 nitrogen and oxygen atoms in total. The van der Waals surface area contributed by atoms with Crippen LogP contribution in [0.5, 0.6) is 11.5 Å². The summed E-state index contributed by atoms with van der Waals surface area (Å²) in [7, 11) is 1.36. The van der Waals surface area contributed by atoms with Crippen LogP contribution in [0.25, 0.3) is 0 Å². The predicted molar refractivity (Wildman–Crippen MR) is 72.5 cm³/mol. The summed E-state index contributed by atoms with van der Waals surface area (Å²) in [6.07, 6.45) is 1.04. The number of alkyl halides is 2. The van der Waals surface area contributed by atoms with Gasteiger partial charge in [-0.05, 0) is 29.8 Å². The average Bonchev–Trinajstić information content (AvgIpc) is 2.47. The molecule has 1 aromatic carbocycles. The minimum atomic E-state index is -2.96. The Morgan fingerprint density at radius 2 is 2.00 bits per heavy atom. The number of hydrogen-bond acceptors (Lipinski definition) is 4. The molecule has 1 N–H and O–H groups in total. The molecule has 0 bridgehead atoms. The van der Waals surface area contributed by atoms with E-state index in [1.807, 2.05) is 6.07 Å². The van der Waals surface area contributed by atoms with E-state index in [2.05, 4.69) is 9.72 Å². The molecule has 1 aromatic heterocycles. The molecule has 112 valence electrons. The van der Waals surface area contributed by atoms with Crippen molar-refractivity contribution < 1.29 is 23.4 Å². The lowest BCUT2D eigenvalue weighted by Gasteiger charge is -2.15. The van der Waals surface area contributed by atoms with E-state index in [0.29, 0.717) is 11.3 Å². The van der Waals surface area contributed by atoms with Crippen molar-refractivity contribution in [3.63, 3.8) is 0 Å². The van der Waals surface area contributed by atoms with E-state index >= 15 is 0 Å². The number of halogens is 2. The number of ether oxygens (including phenoxy) is 2. The first-order chi connectivity index (χ1) is 10.1. The van der Waals surface area contributed by atoms with Crippen molar-refractivity contribution in [1.82, 2.24) is 4.98 Å². The van der Waals surface area contributed by atoms with Gasteiger partial charge in [0.1, 0.15) is 0 Å². The van der Waals surface area contributed by atoms with Gasteiger partial charge in [-0.1, -0.05) is 12.1 Å². The van der Waals surface area contributed by atoms with Crippen LogP contribution in [0.1, 0.15) is 17.4 Å². The summed E-state index contributed by atoms with van der Waals surface area (Å²) in [5.41, 5.74) is 1.16. The Morgan fingerprint density at radius 1 is 1.19 bits per heavy atom. The smallest absolute Gasteiger partial charge is 0.387 e. The van der Waals surface area contributed by atoms with Gasteiger partial charge in [0.05, 0.1) is 13.2 Å². The van der Waals surface area contributed by atoms with E-state index < -0.39 is 12.7 Å². The van der Waals surface area contributed by atoms with E-state index in [0.717, 1.165) is 0 Å². The fourth-order valence-electron chi connectivity index (χ4n) is 1.92. The van der Waals surface area contributed by atoms with Crippen LogP contribution in [0.3, 0.4) is 0 Å². The van der Waals surface area contributed by atoms with Crippen molar-refractivity contribution in [3.8, 4) is 11.5 Å². The van der Waals surface area contributed by atoms with Gasteiger partial charge < -0.3 is 14.6 Å². The Kier molecular flexibility index (Phi) is 5.05. The zero-order valence-corrected chi connectivity index (χ0v) is 11.4. The van der Waals surface area contributed by atoms with Gasteiger partial charge in [-0.3, -0.25) is 4.98 Å². The number of benzene rings is 1. The lowest BCUT2D eigenvalue weighted by Crippen LogP contribution is -2.07. The van der Waals surface area contributed by atoms with Crippen LogP contribution >= 0.6 is 0 Å². The third-order valence-corrected chi connectivity index (χ3v) is 2.92. The maximum atomic E-state index is 12.4. The number of pyridine rings is 1. The van der Waals surface area contributed by atoms with Gasteiger partial charge in [0.25, 0.3) is 0 Å². The maximum Gasteiger partial charge on any atom is 0.387 e. The maximum absolute atomic E-state index is 12.4. The van der Waals surface area contributed by atoms with Gasteiger partial charge in [-0.2, -0.15) is 8.78 Å². The molecule has 0 aliphatic heterocycles. The summed E-state index contributed by atoms with van der Waals surface area (Å²) in [5, 5.41) is 10.2. The molecule has 0 spiro atoms. The first-order valence-corrected chi connectivity index (χ1v) is 6.31. The SMILES string of the molecule is COc1ccc(C(O)Cc2ccccn2)cc1OC(F)F. The molecule has 0 fully saturated rings. The zero-order valence-electron chi connectivity index (χ0n) is 11.4. The second-order valence-electron chi connectivity index (χ2n) is 4.33. The fraction of sp³-hybridized carbons (Fsp3) is 0.267. The third-order valence-electron chi connectivity index (χ3n) is 2.92. The minimum absolute atomic E-state index is 0.106. The second kappa shape index (κ2) is 6.99. The first kappa shape index (κ1) is 15.2. The van der Waals surface area contributed by atoms with E-state index in [9.17, 15) is 13.9 Å². The van der Waals surface area contributed by atoms with Crippen LogP contribution in [0.2, 0.25) is 0 Å². The Morgan fingerprint density at radius 3 is 2.62 bits per heavy atom. The monoisotopic (exact) mass is 295 g/mol. The predicted octanol–water partition coefficient (Wildman–Crippen LogP) is 2.97. The second-order valence-corrected chi connectivity index (χ2v) is 4.33. The molecular weight excluding hydrogens is 280 g/mol.